The molecule has 0 radical (unpaired) electrons. The van der Waals surface area contributed by atoms with Gasteiger partial charge in [-0.25, -0.2) is 4.39 Å². The van der Waals surface area contributed by atoms with Gasteiger partial charge in [-0.1, -0.05) is 30.7 Å². The second kappa shape index (κ2) is 9.40. The van der Waals surface area contributed by atoms with E-state index in [0.717, 1.165) is 0 Å². The van der Waals surface area contributed by atoms with Crippen molar-refractivity contribution in [3.8, 4) is 0 Å². The Bertz CT molecular complexity index is 283. The fraction of sp³-hybridized carbons (Fsp3) is 0.600. The molecule has 1 rings (SSSR count). The largest absolute Gasteiger partial charge is 0.250 e. The molecule has 1 nitrogen and oxygen atoms in total. The van der Waals surface area contributed by atoms with Gasteiger partial charge in [0.25, 0.3) is 0 Å². The predicted molar refractivity (Wildman–Crippen MR) is 82.4 cm³/mol. The van der Waals surface area contributed by atoms with Crippen LogP contribution < -0.4 is 0 Å². The van der Waals surface area contributed by atoms with E-state index in [-0.39, 0.29) is 5.83 Å². The van der Waals surface area contributed by atoms with Crippen molar-refractivity contribution in [1.82, 2.24) is 4.31 Å². The van der Waals surface area contributed by atoms with E-state index in [4.69, 9.17) is 0 Å². The molecule has 0 aromatic carbocycles. The normalized spacial score (nSPS) is 17.7. The van der Waals surface area contributed by atoms with E-state index in [0.29, 0.717) is 4.75 Å². The van der Waals surface area contributed by atoms with E-state index in [1.165, 1.54) is 38.1 Å². The zero-order valence-corrected chi connectivity index (χ0v) is 12.9. The molecule has 1 aliphatic heterocycles. The van der Waals surface area contributed by atoms with Crippen LogP contribution in [0, 0.1) is 0 Å². The van der Waals surface area contributed by atoms with E-state index in [2.05, 4.69) is 31.7 Å². The van der Waals surface area contributed by atoms with Crippen LogP contribution in [-0.4, -0.2) is 22.1 Å². The Morgan fingerprint density at radius 2 is 1.83 bits per heavy atom. The van der Waals surface area contributed by atoms with Crippen molar-refractivity contribution in [2.45, 2.75) is 45.3 Å². The third-order valence-corrected chi connectivity index (χ3v) is 3.28. The Balaban J connectivity index is 0.000000331. The van der Waals surface area contributed by atoms with Gasteiger partial charge in [0.1, 0.15) is 5.83 Å². The first kappa shape index (κ1) is 17.5. The molecule has 1 saturated heterocycles. The van der Waals surface area contributed by atoms with Gasteiger partial charge >= 0.3 is 0 Å². The first-order valence-corrected chi connectivity index (χ1v) is 7.21. The van der Waals surface area contributed by atoms with Crippen LogP contribution in [0.2, 0.25) is 0 Å². The van der Waals surface area contributed by atoms with E-state index in [1.54, 1.807) is 12.2 Å². The lowest BCUT2D eigenvalue weighted by molar-refractivity contribution is 0.569. The summed E-state index contributed by atoms with van der Waals surface area (Å²) in [5.74, 6) is -0.303. The second-order valence-corrected chi connectivity index (χ2v) is 7.04. The number of allylic oxidation sites excluding steroid dienone is 5. The maximum Gasteiger partial charge on any atom is 0.122 e. The Kier molecular flexibility index (Phi) is 9.12. The molecule has 1 aliphatic rings. The van der Waals surface area contributed by atoms with Gasteiger partial charge in [0.15, 0.2) is 0 Å². The van der Waals surface area contributed by atoms with Gasteiger partial charge in [-0.15, -0.1) is 0 Å². The summed E-state index contributed by atoms with van der Waals surface area (Å²) in [7, 11) is 0. The van der Waals surface area contributed by atoms with E-state index in [1.807, 2.05) is 18.9 Å². The molecule has 3 heteroatoms. The average molecular weight is 271 g/mol. The lowest BCUT2D eigenvalue weighted by Crippen LogP contribution is -2.20. The summed E-state index contributed by atoms with van der Waals surface area (Å²) >= 11 is 2.00. The first-order valence-electron chi connectivity index (χ1n) is 6.44. The van der Waals surface area contributed by atoms with Crippen molar-refractivity contribution >= 4 is 11.9 Å². The molecular formula is C15H26FNS. The lowest BCUT2D eigenvalue weighted by Gasteiger charge is -2.24. The third-order valence-electron chi connectivity index (χ3n) is 2.11. The number of hydrogen-bond donors (Lipinski definition) is 0. The van der Waals surface area contributed by atoms with Crippen LogP contribution in [0.5, 0.6) is 0 Å². The first-order chi connectivity index (χ1) is 8.39. The van der Waals surface area contributed by atoms with Crippen LogP contribution in [-0.2, 0) is 0 Å². The molecule has 0 aliphatic carbocycles. The fourth-order valence-corrected chi connectivity index (χ4v) is 2.64. The zero-order valence-electron chi connectivity index (χ0n) is 12.1. The zero-order chi connectivity index (χ0) is 14.0. The maximum absolute atomic E-state index is 12.0. The quantitative estimate of drug-likeness (QED) is 0.517. The van der Waals surface area contributed by atoms with Crippen molar-refractivity contribution in [1.29, 1.82) is 0 Å². The van der Waals surface area contributed by atoms with Crippen molar-refractivity contribution in [3.05, 3.63) is 36.7 Å². The summed E-state index contributed by atoms with van der Waals surface area (Å²) in [4.78, 5) is 0. The molecule has 0 spiro atoms. The highest BCUT2D eigenvalue weighted by atomic mass is 32.2. The molecule has 18 heavy (non-hydrogen) atoms. The number of halogens is 1. The lowest BCUT2D eigenvalue weighted by atomic mass is 10.3. The molecule has 0 unspecified atom stereocenters. The molecule has 0 bridgehead atoms. The van der Waals surface area contributed by atoms with Gasteiger partial charge in [-0.2, -0.15) is 0 Å². The van der Waals surface area contributed by atoms with Crippen LogP contribution in [0.3, 0.4) is 0 Å². The van der Waals surface area contributed by atoms with Crippen LogP contribution >= 0.6 is 11.9 Å². The van der Waals surface area contributed by atoms with Crippen LogP contribution in [0.25, 0.3) is 0 Å². The summed E-state index contributed by atoms with van der Waals surface area (Å²) in [6.07, 6.45) is 8.68. The molecule has 104 valence electrons. The highest BCUT2D eigenvalue weighted by Gasteiger charge is 2.19. The van der Waals surface area contributed by atoms with Gasteiger partial charge in [0, 0.05) is 17.8 Å². The van der Waals surface area contributed by atoms with Gasteiger partial charge in [0.05, 0.1) is 0 Å². The highest BCUT2D eigenvalue weighted by Crippen LogP contribution is 2.29. The van der Waals surface area contributed by atoms with Crippen LogP contribution in [0.4, 0.5) is 4.39 Å². The van der Waals surface area contributed by atoms with E-state index in [9.17, 15) is 4.39 Å². The Hall–Kier alpha value is -0.540. The fourth-order valence-electron chi connectivity index (χ4n) is 1.42. The van der Waals surface area contributed by atoms with Crippen LogP contribution in [0.15, 0.2) is 36.7 Å². The number of nitrogens with zero attached hydrogens (tertiary/aromatic N) is 1. The summed E-state index contributed by atoms with van der Waals surface area (Å²) in [5.41, 5.74) is 0. The maximum atomic E-state index is 12.0. The van der Waals surface area contributed by atoms with Gasteiger partial charge in [-0.3, -0.25) is 4.31 Å². The van der Waals surface area contributed by atoms with Crippen molar-refractivity contribution in [3.63, 3.8) is 0 Å². The average Bonchev–Trinajstić information content (AvgIpc) is 2.77. The molecule has 1 heterocycles. The standard InChI is InChI=1S/C8H17NS.C7H9F/c1-8(2,3)10-9-6-4-5-7-9;1-3-5-6-7(8)4-2/h4-7H2,1-3H3;3-6H,2H2,1H3/b;5-3-,7-6+. The highest BCUT2D eigenvalue weighted by molar-refractivity contribution is 7.98. The molecule has 0 N–H and O–H groups in total. The molecular weight excluding hydrogens is 245 g/mol. The van der Waals surface area contributed by atoms with Crippen molar-refractivity contribution in [2.75, 3.05) is 13.1 Å². The van der Waals surface area contributed by atoms with E-state index >= 15 is 0 Å². The second-order valence-electron chi connectivity index (χ2n) is 5.12. The summed E-state index contributed by atoms with van der Waals surface area (Å²) < 4.78 is 14.9. The molecule has 0 saturated carbocycles. The van der Waals surface area contributed by atoms with Crippen molar-refractivity contribution in [2.24, 2.45) is 0 Å². The molecule has 0 amide bonds. The number of hydrogen-bond acceptors (Lipinski definition) is 2. The summed E-state index contributed by atoms with van der Waals surface area (Å²) in [6.45, 7) is 14.5. The Labute approximate surface area is 116 Å². The minimum Gasteiger partial charge on any atom is -0.250 e. The van der Waals surface area contributed by atoms with Crippen LogP contribution in [0.1, 0.15) is 40.5 Å². The SMILES string of the molecule is C=C/C(F)=C\C=C/C.CC(C)(C)SN1CCCC1. The topological polar surface area (TPSA) is 3.24 Å². The Morgan fingerprint density at radius 1 is 1.28 bits per heavy atom. The third kappa shape index (κ3) is 10.6. The monoisotopic (exact) mass is 271 g/mol. The predicted octanol–water partition coefficient (Wildman–Crippen LogP) is 5.13. The minimum absolute atomic E-state index is 0.303. The van der Waals surface area contributed by atoms with Gasteiger partial charge < -0.3 is 0 Å². The molecule has 0 aromatic heterocycles. The minimum atomic E-state index is -0.303. The molecule has 1 fully saturated rings. The summed E-state index contributed by atoms with van der Waals surface area (Å²) in [6, 6.07) is 0. The van der Waals surface area contributed by atoms with Gasteiger partial charge in [0.2, 0.25) is 0 Å². The number of rotatable bonds is 3. The van der Waals surface area contributed by atoms with Crippen molar-refractivity contribution < 1.29 is 4.39 Å². The summed E-state index contributed by atoms with van der Waals surface area (Å²) in [5, 5.41) is 0. The van der Waals surface area contributed by atoms with E-state index < -0.39 is 0 Å². The Morgan fingerprint density at radius 3 is 2.22 bits per heavy atom. The smallest absolute Gasteiger partial charge is 0.122 e. The molecule has 0 aromatic rings. The molecule has 0 atom stereocenters. The van der Waals surface area contributed by atoms with Gasteiger partial charge in [-0.05, 0) is 52.7 Å².